The molecule has 5 heteroatoms. The lowest BCUT2D eigenvalue weighted by Gasteiger charge is -2.05. The summed E-state index contributed by atoms with van der Waals surface area (Å²) in [4.78, 5) is 4.26. The van der Waals surface area contributed by atoms with Crippen molar-refractivity contribution in [2.45, 2.75) is 20.4 Å². The van der Waals surface area contributed by atoms with Crippen LogP contribution in [-0.2, 0) is 6.54 Å². The minimum Gasteiger partial charge on any atom is -0.399 e. The molecule has 0 amide bonds. The van der Waals surface area contributed by atoms with Crippen molar-refractivity contribution in [2.75, 3.05) is 5.73 Å². The molecule has 0 aliphatic heterocycles. The van der Waals surface area contributed by atoms with Gasteiger partial charge in [-0.15, -0.1) is 0 Å². The van der Waals surface area contributed by atoms with Gasteiger partial charge in [-0.2, -0.15) is 5.10 Å². The summed E-state index contributed by atoms with van der Waals surface area (Å²) >= 11 is 3.42. The van der Waals surface area contributed by atoms with Crippen molar-refractivity contribution in [1.82, 2.24) is 14.8 Å². The molecule has 0 bridgehead atoms. The second-order valence-corrected chi connectivity index (χ2v) is 4.67. The first-order valence-corrected chi connectivity index (χ1v) is 5.77. The van der Waals surface area contributed by atoms with Crippen molar-refractivity contribution in [3.63, 3.8) is 0 Å². The van der Waals surface area contributed by atoms with Gasteiger partial charge in [0.05, 0.1) is 6.54 Å². The third-order valence-electron chi connectivity index (χ3n) is 2.27. The Morgan fingerprint density at radius 2 is 2.06 bits per heavy atom. The van der Waals surface area contributed by atoms with Crippen LogP contribution in [0, 0.1) is 13.8 Å². The molecule has 0 radical (unpaired) electrons. The average molecular weight is 281 g/mol. The van der Waals surface area contributed by atoms with E-state index in [0.717, 1.165) is 27.4 Å². The SMILES string of the molecule is Cc1nc(C)n(Cc2cc(N)cc(Br)c2)n1. The molecule has 84 valence electrons. The number of halogens is 1. The normalized spacial score (nSPS) is 10.7. The van der Waals surface area contributed by atoms with Crippen molar-refractivity contribution in [1.29, 1.82) is 0 Å². The molecule has 2 aromatic rings. The van der Waals surface area contributed by atoms with Crippen LogP contribution >= 0.6 is 15.9 Å². The molecule has 0 atom stereocenters. The lowest BCUT2D eigenvalue weighted by Crippen LogP contribution is -2.04. The first-order valence-electron chi connectivity index (χ1n) is 4.97. The number of nitrogens with two attached hydrogens (primary N) is 1. The maximum atomic E-state index is 5.78. The van der Waals surface area contributed by atoms with E-state index in [4.69, 9.17) is 5.73 Å². The highest BCUT2D eigenvalue weighted by Crippen LogP contribution is 2.18. The molecule has 0 unspecified atom stereocenters. The number of nitrogen functional groups attached to an aromatic ring is 1. The number of aromatic nitrogens is 3. The molecule has 2 N–H and O–H groups in total. The minimum absolute atomic E-state index is 0.691. The molecule has 0 saturated carbocycles. The Hall–Kier alpha value is -1.36. The van der Waals surface area contributed by atoms with Crippen LogP contribution < -0.4 is 5.73 Å². The number of nitrogens with zero attached hydrogens (tertiary/aromatic N) is 3. The Kier molecular flexibility index (Phi) is 2.96. The number of hydrogen-bond acceptors (Lipinski definition) is 3. The van der Waals surface area contributed by atoms with Crippen molar-refractivity contribution in [3.05, 3.63) is 39.9 Å². The predicted molar refractivity (Wildman–Crippen MR) is 67.2 cm³/mol. The Morgan fingerprint density at radius 3 is 2.62 bits per heavy atom. The van der Waals surface area contributed by atoms with Gasteiger partial charge in [0.25, 0.3) is 0 Å². The molecule has 0 fully saturated rings. The van der Waals surface area contributed by atoms with Gasteiger partial charge in [0, 0.05) is 10.2 Å². The van der Waals surface area contributed by atoms with Gasteiger partial charge in [-0.3, -0.25) is 0 Å². The molecule has 1 aromatic carbocycles. The van der Waals surface area contributed by atoms with Crippen molar-refractivity contribution < 1.29 is 0 Å². The summed E-state index contributed by atoms with van der Waals surface area (Å²) in [5, 5.41) is 4.31. The van der Waals surface area contributed by atoms with Crippen molar-refractivity contribution >= 4 is 21.6 Å². The molecule has 0 spiro atoms. The smallest absolute Gasteiger partial charge is 0.147 e. The van der Waals surface area contributed by atoms with Gasteiger partial charge < -0.3 is 5.73 Å². The summed E-state index contributed by atoms with van der Waals surface area (Å²) in [5.74, 6) is 1.71. The monoisotopic (exact) mass is 280 g/mol. The Morgan fingerprint density at radius 1 is 1.31 bits per heavy atom. The fourth-order valence-corrected chi connectivity index (χ4v) is 2.21. The van der Waals surface area contributed by atoms with E-state index in [-0.39, 0.29) is 0 Å². The molecular weight excluding hydrogens is 268 g/mol. The van der Waals surface area contributed by atoms with E-state index in [0.29, 0.717) is 6.54 Å². The van der Waals surface area contributed by atoms with Crippen LogP contribution in [0.1, 0.15) is 17.2 Å². The second-order valence-electron chi connectivity index (χ2n) is 3.76. The lowest BCUT2D eigenvalue weighted by atomic mass is 10.2. The lowest BCUT2D eigenvalue weighted by molar-refractivity contribution is 0.656. The molecule has 4 nitrogen and oxygen atoms in total. The zero-order valence-electron chi connectivity index (χ0n) is 9.24. The molecule has 1 heterocycles. The summed E-state index contributed by atoms with van der Waals surface area (Å²) in [6.45, 7) is 4.52. The first-order chi connectivity index (χ1) is 7.54. The van der Waals surface area contributed by atoms with Gasteiger partial charge in [0.1, 0.15) is 11.6 Å². The number of aryl methyl sites for hydroxylation is 2. The molecule has 0 saturated heterocycles. The van der Waals surface area contributed by atoms with Gasteiger partial charge in [-0.25, -0.2) is 9.67 Å². The zero-order valence-corrected chi connectivity index (χ0v) is 10.8. The van der Waals surface area contributed by atoms with E-state index in [9.17, 15) is 0 Å². The van der Waals surface area contributed by atoms with Crippen LogP contribution in [0.3, 0.4) is 0 Å². The van der Waals surface area contributed by atoms with Crippen LogP contribution in [0.4, 0.5) is 5.69 Å². The summed E-state index contributed by atoms with van der Waals surface area (Å²) < 4.78 is 2.85. The van der Waals surface area contributed by atoms with Crippen LogP contribution in [0.25, 0.3) is 0 Å². The second kappa shape index (κ2) is 4.25. The maximum absolute atomic E-state index is 5.78. The molecule has 16 heavy (non-hydrogen) atoms. The standard InChI is InChI=1S/C11H13BrN4/c1-7-14-8(2)16(15-7)6-9-3-10(12)5-11(13)4-9/h3-5H,6,13H2,1-2H3. The average Bonchev–Trinajstić information content (AvgIpc) is 2.43. The molecule has 0 aliphatic rings. The summed E-state index contributed by atoms with van der Waals surface area (Å²) in [6.07, 6.45) is 0. The number of hydrogen-bond donors (Lipinski definition) is 1. The largest absolute Gasteiger partial charge is 0.399 e. The van der Waals surface area contributed by atoms with E-state index < -0.39 is 0 Å². The third kappa shape index (κ3) is 2.41. The molecular formula is C11H13BrN4. The highest BCUT2D eigenvalue weighted by Gasteiger charge is 2.04. The number of anilines is 1. The maximum Gasteiger partial charge on any atom is 0.147 e. The van der Waals surface area contributed by atoms with Gasteiger partial charge in [0.15, 0.2) is 0 Å². The Balaban J connectivity index is 2.30. The van der Waals surface area contributed by atoms with Gasteiger partial charge in [-0.05, 0) is 37.6 Å². The van der Waals surface area contributed by atoms with Crippen molar-refractivity contribution in [3.8, 4) is 0 Å². The van der Waals surface area contributed by atoms with Gasteiger partial charge in [-0.1, -0.05) is 15.9 Å². The Bertz CT molecular complexity index is 498. The third-order valence-corrected chi connectivity index (χ3v) is 2.73. The van der Waals surface area contributed by atoms with E-state index in [2.05, 4.69) is 26.0 Å². The highest BCUT2D eigenvalue weighted by atomic mass is 79.9. The minimum atomic E-state index is 0.691. The van der Waals surface area contributed by atoms with Crippen LogP contribution in [0.5, 0.6) is 0 Å². The number of benzene rings is 1. The van der Waals surface area contributed by atoms with Gasteiger partial charge >= 0.3 is 0 Å². The first kappa shape index (κ1) is 11.1. The summed E-state index contributed by atoms with van der Waals surface area (Å²) in [7, 11) is 0. The quantitative estimate of drug-likeness (QED) is 0.859. The van der Waals surface area contributed by atoms with E-state index in [1.807, 2.05) is 36.7 Å². The molecule has 0 aliphatic carbocycles. The molecule has 1 aromatic heterocycles. The van der Waals surface area contributed by atoms with Crippen LogP contribution in [0.2, 0.25) is 0 Å². The number of rotatable bonds is 2. The topological polar surface area (TPSA) is 56.7 Å². The zero-order chi connectivity index (χ0) is 11.7. The Labute approximate surface area is 103 Å². The van der Waals surface area contributed by atoms with Crippen molar-refractivity contribution in [2.24, 2.45) is 0 Å². The fraction of sp³-hybridized carbons (Fsp3) is 0.273. The van der Waals surface area contributed by atoms with Crippen LogP contribution in [0.15, 0.2) is 22.7 Å². The summed E-state index contributed by atoms with van der Waals surface area (Å²) in [6, 6.07) is 5.86. The van der Waals surface area contributed by atoms with E-state index >= 15 is 0 Å². The predicted octanol–water partition coefficient (Wildman–Crippen LogP) is 2.29. The van der Waals surface area contributed by atoms with E-state index in [1.54, 1.807) is 0 Å². The highest BCUT2D eigenvalue weighted by molar-refractivity contribution is 9.10. The van der Waals surface area contributed by atoms with Gasteiger partial charge in [0.2, 0.25) is 0 Å². The molecule has 2 rings (SSSR count). The van der Waals surface area contributed by atoms with Crippen LogP contribution in [-0.4, -0.2) is 14.8 Å². The van der Waals surface area contributed by atoms with E-state index in [1.165, 1.54) is 0 Å². The summed E-state index contributed by atoms with van der Waals surface area (Å²) in [5.41, 5.74) is 7.64. The fourth-order valence-electron chi connectivity index (χ4n) is 1.65.